The maximum Gasteiger partial charge on any atom is 0.153 e. The quantitative estimate of drug-likeness (QED) is 0.899. The fourth-order valence-corrected chi connectivity index (χ4v) is 3.23. The number of nitrogens with zero attached hydrogens (tertiary/aromatic N) is 3. The van der Waals surface area contributed by atoms with Gasteiger partial charge in [0.1, 0.15) is 17.2 Å². The Bertz CT molecular complexity index is 697. The smallest absolute Gasteiger partial charge is 0.153 e. The van der Waals surface area contributed by atoms with Gasteiger partial charge in [0.25, 0.3) is 0 Å². The van der Waals surface area contributed by atoms with E-state index in [1.165, 1.54) is 6.33 Å². The van der Waals surface area contributed by atoms with E-state index in [9.17, 15) is 5.11 Å². The number of rotatable bonds is 3. The van der Waals surface area contributed by atoms with Crippen molar-refractivity contribution in [3.63, 3.8) is 0 Å². The Morgan fingerprint density at radius 3 is 2.91 bits per heavy atom. The number of benzene rings is 1. The lowest BCUT2D eigenvalue weighted by atomic mass is 9.94. The Kier molecular flexibility index (Phi) is 4.12. The largest absolute Gasteiger partial charge is 0.388 e. The molecule has 1 fully saturated rings. The van der Waals surface area contributed by atoms with E-state index in [-0.39, 0.29) is 5.82 Å². The van der Waals surface area contributed by atoms with E-state index in [1.807, 2.05) is 29.2 Å². The molecule has 1 atom stereocenters. The Morgan fingerprint density at radius 1 is 1.32 bits per heavy atom. The fourth-order valence-electron chi connectivity index (χ4n) is 2.80. The number of anilines is 2. The van der Waals surface area contributed by atoms with Gasteiger partial charge in [-0.3, -0.25) is 0 Å². The van der Waals surface area contributed by atoms with E-state index in [4.69, 9.17) is 28.9 Å². The highest BCUT2D eigenvalue weighted by molar-refractivity contribution is 6.35. The molecule has 3 rings (SSSR count). The number of β-amino-alcohol motifs (C(OH)–C–C–N with tert-alkyl or cyclic N) is 1. The molecule has 3 N–H and O–H groups in total. The molecule has 0 saturated carbocycles. The SMILES string of the molecule is Nc1ncnc(N2CCC(O)(Cc3cccc(Cl)c3)C2)c1Cl. The average Bonchev–Trinajstić information content (AvgIpc) is 2.84. The molecule has 0 spiro atoms. The van der Waals surface area contributed by atoms with Crippen molar-refractivity contribution in [3.8, 4) is 0 Å². The van der Waals surface area contributed by atoms with Crippen molar-refractivity contribution in [3.05, 3.63) is 46.2 Å². The van der Waals surface area contributed by atoms with Crippen LogP contribution in [0.5, 0.6) is 0 Å². The van der Waals surface area contributed by atoms with Crippen molar-refractivity contribution in [2.24, 2.45) is 0 Å². The zero-order valence-corrected chi connectivity index (χ0v) is 13.3. The minimum absolute atomic E-state index is 0.247. The number of halogens is 2. The lowest BCUT2D eigenvalue weighted by Crippen LogP contribution is -2.35. The summed E-state index contributed by atoms with van der Waals surface area (Å²) in [4.78, 5) is 9.97. The first-order valence-electron chi connectivity index (χ1n) is 6.95. The van der Waals surface area contributed by atoms with Crippen molar-refractivity contribution in [1.82, 2.24) is 9.97 Å². The highest BCUT2D eigenvalue weighted by Crippen LogP contribution is 2.34. The van der Waals surface area contributed by atoms with Crippen molar-refractivity contribution in [2.45, 2.75) is 18.4 Å². The number of hydrogen-bond donors (Lipinski definition) is 2. The maximum atomic E-state index is 10.8. The van der Waals surface area contributed by atoms with Gasteiger partial charge in [-0.1, -0.05) is 35.3 Å². The fraction of sp³-hybridized carbons (Fsp3) is 0.333. The lowest BCUT2D eigenvalue weighted by Gasteiger charge is -2.24. The van der Waals surface area contributed by atoms with E-state index in [0.717, 1.165) is 5.56 Å². The molecule has 0 aliphatic carbocycles. The van der Waals surface area contributed by atoms with Gasteiger partial charge in [0.2, 0.25) is 0 Å². The first kappa shape index (κ1) is 15.3. The molecule has 1 saturated heterocycles. The second-order valence-corrected chi connectivity index (χ2v) is 6.41. The van der Waals surface area contributed by atoms with Crippen LogP contribution in [-0.2, 0) is 6.42 Å². The minimum atomic E-state index is -0.840. The van der Waals surface area contributed by atoms with E-state index in [2.05, 4.69) is 9.97 Å². The van der Waals surface area contributed by atoms with Gasteiger partial charge in [-0.2, -0.15) is 0 Å². The summed E-state index contributed by atoms with van der Waals surface area (Å²) >= 11 is 12.2. The highest BCUT2D eigenvalue weighted by Gasteiger charge is 2.37. The van der Waals surface area contributed by atoms with Gasteiger partial charge >= 0.3 is 0 Å². The van der Waals surface area contributed by atoms with E-state index < -0.39 is 5.60 Å². The molecule has 2 aromatic rings. The summed E-state index contributed by atoms with van der Waals surface area (Å²) in [5, 5.41) is 11.8. The summed E-state index contributed by atoms with van der Waals surface area (Å²) in [7, 11) is 0. The van der Waals surface area contributed by atoms with Crippen molar-refractivity contribution >= 4 is 34.8 Å². The molecule has 1 aromatic heterocycles. The van der Waals surface area contributed by atoms with Crippen LogP contribution >= 0.6 is 23.2 Å². The van der Waals surface area contributed by atoms with Crippen molar-refractivity contribution in [1.29, 1.82) is 0 Å². The summed E-state index contributed by atoms with van der Waals surface area (Å²) in [6.07, 6.45) is 2.53. The third kappa shape index (κ3) is 3.11. The summed E-state index contributed by atoms with van der Waals surface area (Å²) < 4.78 is 0. The molecule has 0 amide bonds. The van der Waals surface area contributed by atoms with E-state index in [0.29, 0.717) is 41.8 Å². The van der Waals surface area contributed by atoms with Crippen LogP contribution in [0.3, 0.4) is 0 Å². The Hall–Kier alpha value is -1.56. The third-order valence-electron chi connectivity index (χ3n) is 3.85. The molecular formula is C15H16Cl2N4O. The zero-order valence-electron chi connectivity index (χ0n) is 11.8. The van der Waals surface area contributed by atoms with Gasteiger partial charge in [-0.05, 0) is 24.1 Å². The minimum Gasteiger partial charge on any atom is -0.388 e. The van der Waals surface area contributed by atoms with E-state index >= 15 is 0 Å². The number of nitrogen functional groups attached to an aromatic ring is 1. The lowest BCUT2D eigenvalue weighted by molar-refractivity contribution is 0.0637. The van der Waals surface area contributed by atoms with Crippen LogP contribution in [0.4, 0.5) is 11.6 Å². The normalized spacial score (nSPS) is 21.3. The molecule has 7 heteroatoms. The summed E-state index contributed by atoms with van der Waals surface area (Å²) in [5.41, 5.74) is 5.87. The summed E-state index contributed by atoms with van der Waals surface area (Å²) in [6.45, 7) is 1.10. The van der Waals surface area contributed by atoms with Crippen LogP contribution in [0.2, 0.25) is 10.0 Å². The molecule has 2 heterocycles. The van der Waals surface area contributed by atoms with Gasteiger partial charge in [0.05, 0.1) is 5.60 Å². The molecule has 0 bridgehead atoms. The van der Waals surface area contributed by atoms with Gasteiger partial charge < -0.3 is 15.7 Å². The molecule has 1 unspecified atom stereocenters. The predicted octanol–water partition coefficient (Wildman–Crippen LogP) is 2.55. The standard InChI is InChI=1S/C15H16Cl2N4O/c16-11-3-1-2-10(6-11)7-15(22)4-5-21(8-15)14-12(17)13(18)19-9-20-14/h1-3,6,9,22H,4-5,7-8H2,(H2,18,19,20). The Balaban J connectivity index is 1.77. The van der Waals surface area contributed by atoms with Crippen LogP contribution in [0, 0.1) is 0 Å². The first-order valence-corrected chi connectivity index (χ1v) is 7.70. The maximum absolute atomic E-state index is 10.8. The topological polar surface area (TPSA) is 75.3 Å². The zero-order chi connectivity index (χ0) is 15.7. The van der Waals surface area contributed by atoms with Crippen LogP contribution in [0.25, 0.3) is 0 Å². The highest BCUT2D eigenvalue weighted by atomic mass is 35.5. The van der Waals surface area contributed by atoms with Gasteiger partial charge in [-0.15, -0.1) is 0 Å². The number of aromatic nitrogens is 2. The van der Waals surface area contributed by atoms with Gasteiger partial charge in [-0.25, -0.2) is 9.97 Å². The third-order valence-corrected chi connectivity index (χ3v) is 4.45. The second-order valence-electron chi connectivity index (χ2n) is 5.60. The molecule has 116 valence electrons. The van der Waals surface area contributed by atoms with Crippen LogP contribution in [0.15, 0.2) is 30.6 Å². The number of nitrogens with two attached hydrogens (primary N) is 1. The number of aliphatic hydroxyl groups is 1. The van der Waals surface area contributed by atoms with Crippen LogP contribution in [0.1, 0.15) is 12.0 Å². The van der Waals surface area contributed by atoms with Crippen molar-refractivity contribution in [2.75, 3.05) is 23.7 Å². The monoisotopic (exact) mass is 338 g/mol. The molecular weight excluding hydrogens is 323 g/mol. The predicted molar refractivity (Wildman–Crippen MR) is 88.4 cm³/mol. The van der Waals surface area contributed by atoms with E-state index in [1.54, 1.807) is 0 Å². The second kappa shape index (κ2) is 5.91. The molecule has 22 heavy (non-hydrogen) atoms. The summed E-state index contributed by atoms with van der Waals surface area (Å²) in [6, 6.07) is 7.54. The molecule has 1 aliphatic heterocycles. The molecule has 1 aromatic carbocycles. The number of hydrogen-bond acceptors (Lipinski definition) is 5. The molecule has 0 radical (unpaired) electrons. The van der Waals surface area contributed by atoms with Crippen molar-refractivity contribution < 1.29 is 5.11 Å². The van der Waals surface area contributed by atoms with Crippen LogP contribution in [-0.4, -0.2) is 33.8 Å². The van der Waals surface area contributed by atoms with Gasteiger partial charge in [0.15, 0.2) is 5.82 Å². The molecule has 1 aliphatic rings. The van der Waals surface area contributed by atoms with Gasteiger partial charge in [0, 0.05) is 24.5 Å². The van der Waals surface area contributed by atoms with Crippen LogP contribution < -0.4 is 10.6 Å². The first-order chi connectivity index (χ1) is 10.5. The molecule has 5 nitrogen and oxygen atoms in total. The Morgan fingerprint density at radius 2 is 2.14 bits per heavy atom. The summed E-state index contributed by atoms with van der Waals surface area (Å²) in [5.74, 6) is 0.813. The Labute approximate surface area is 138 Å². The average molecular weight is 339 g/mol.